The Balaban J connectivity index is 3.63. The van der Waals surface area contributed by atoms with Gasteiger partial charge in [0.2, 0.25) is 0 Å². The molecule has 0 saturated heterocycles. The molecule has 11 heavy (non-hydrogen) atoms. The topological polar surface area (TPSA) is 52.3 Å². The Kier molecular flexibility index (Phi) is 4.45. The maximum atomic E-state index is 10.4. The van der Waals surface area contributed by atoms with Crippen LogP contribution in [0.1, 0.15) is 20.3 Å². The molecular formula is C7H14ClNO2. The zero-order valence-electron chi connectivity index (χ0n) is 6.89. The van der Waals surface area contributed by atoms with Crippen molar-refractivity contribution in [2.24, 2.45) is 5.73 Å². The number of alkyl halides is 1. The fraction of sp³-hybridized carbons (Fsp3) is 0.857. The number of hydrogen-bond donors (Lipinski definition) is 1. The number of rotatable bonds is 4. The number of ether oxygens (including phenoxy) is 1. The van der Waals surface area contributed by atoms with Crippen LogP contribution in [0.5, 0.6) is 0 Å². The summed E-state index contributed by atoms with van der Waals surface area (Å²) in [5.74, 6) is 0.171. The van der Waals surface area contributed by atoms with Crippen molar-refractivity contribution in [1.29, 1.82) is 0 Å². The van der Waals surface area contributed by atoms with Crippen LogP contribution in [-0.2, 0) is 9.53 Å². The van der Waals surface area contributed by atoms with E-state index >= 15 is 0 Å². The van der Waals surface area contributed by atoms with Crippen molar-refractivity contribution in [3.63, 3.8) is 0 Å². The molecule has 0 amide bonds. The molecular weight excluding hydrogens is 166 g/mol. The molecule has 3 nitrogen and oxygen atoms in total. The lowest BCUT2D eigenvalue weighted by atomic mass is 10.0. The van der Waals surface area contributed by atoms with Crippen molar-refractivity contribution < 1.29 is 9.53 Å². The minimum absolute atomic E-state index is 0.231. The van der Waals surface area contributed by atoms with Crippen LogP contribution in [0.4, 0.5) is 0 Å². The Morgan fingerprint density at radius 1 is 1.73 bits per heavy atom. The molecule has 0 bridgehead atoms. The quantitative estimate of drug-likeness (QED) is 0.515. The molecule has 0 aliphatic heterocycles. The average molecular weight is 180 g/mol. The molecule has 0 aliphatic carbocycles. The molecule has 66 valence electrons. The van der Waals surface area contributed by atoms with Gasteiger partial charge in [-0.3, -0.25) is 4.79 Å². The predicted molar refractivity (Wildman–Crippen MR) is 44.6 cm³/mol. The fourth-order valence-corrected chi connectivity index (χ4v) is 0.986. The summed E-state index contributed by atoms with van der Waals surface area (Å²) in [6, 6.07) is 0. The van der Waals surface area contributed by atoms with Crippen molar-refractivity contribution in [2.45, 2.75) is 25.8 Å². The van der Waals surface area contributed by atoms with Crippen molar-refractivity contribution in [3.8, 4) is 0 Å². The zero-order chi connectivity index (χ0) is 8.91. The van der Waals surface area contributed by atoms with E-state index in [4.69, 9.17) is 22.1 Å². The highest BCUT2D eigenvalue weighted by molar-refractivity contribution is 6.17. The van der Waals surface area contributed by atoms with E-state index in [0.29, 0.717) is 12.3 Å². The molecule has 0 radical (unpaired) electrons. The van der Waals surface area contributed by atoms with Gasteiger partial charge >= 0.3 is 5.97 Å². The largest absolute Gasteiger partial charge is 0.464 e. The first-order valence-corrected chi connectivity index (χ1v) is 3.99. The van der Waals surface area contributed by atoms with E-state index < -0.39 is 5.54 Å². The van der Waals surface area contributed by atoms with E-state index in [2.05, 4.69) is 0 Å². The van der Waals surface area contributed by atoms with Crippen molar-refractivity contribution in [2.75, 3.05) is 12.5 Å². The van der Waals surface area contributed by atoms with Crippen LogP contribution in [0.15, 0.2) is 0 Å². The smallest absolute Gasteiger partial charge is 0.302 e. The summed E-state index contributed by atoms with van der Waals surface area (Å²) in [6.45, 7) is 3.39. The molecule has 0 aromatic carbocycles. The standard InChI is InChI=1S/C7H14ClNO2/c1-6(10)11-5-7(2,9)3-4-8/h3-5,9H2,1-2H3. The van der Waals surface area contributed by atoms with Crippen molar-refractivity contribution in [3.05, 3.63) is 0 Å². The molecule has 4 heteroatoms. The van der Waals surface area contributed by atoms with E-state index in [1.54, 1.807) is 6.92 Å². The van der Waals surface area contributed by atoms with E-state index in [1.807, 2.05) is 0 Å². The Morgan fingerprint density at radius 2 is 2.27 bits per heavy atom. The van der Waals surface area contributed by atoms with Crippen LogP contribution in [0.25, 0.3) is 0 Å². The maximum absolute atomic E-state index is 10.4. The number of carbonyl (C=O) groups is 1. The Bertz CT molecular complexity index is 136. The second-order valence-electron chi connectivity index (χ2n) is 2.87. The van der Waals surface area contributed by atoms with Crippen molar-refractivity contribution >= 4 is 17.6 Å². The Morgan fingerprint density at radius 3 is 2.64 bits per heavy atom. The summed E-state index contributed by atoms with van der Waals surface area (Å²) in [4.78, 5) is 10.4. The van der Waals surface area contributed by atoms with Crippen LogP contribution >= 0.6 is 11.6 Å². The van der Waals surface area contributed by atoms with Gasteiger partial charge in [0.1, 0.15) is 6.61 Å². The molecule has 0 aromatic heterocycles. The van der Waals surface area contributed by atoms with Gasteiger partial charge in [-0.2, -0.15) is 0 Å². The SMILES string of the molecule is CC(=O)OCC(C)(N)CCCl. The molecule has 1 unspecified atom stereocenters. The Hall–Kier alpha value is -0.280. The summed E-state index contributed by atoms with van der Waals surface area (Å²) in [5.41, 5.74) is 5.22. The first-order valence-electron chi connectivity index (χ1n) is 3.46. The minimum atomic E-state index is -0.493. The third-order valence-electron chi connectivity index (χ3n) is 1.27. The van der Waals surface area contributed by atoms with Gasteiger partial charge in [-0.15, -0.1) is 11.6 Å². The number of esters is 1. The van der Waals surface area contributed by atoms with E-state index in [9.17, 15) is 4.79 Å². The normalized spacial score (nSPS) is 15.6. The van der Waals surface area contributed by atoms with Gasteiger partial charge in [-0.05, 0) is 13.3 Å². The third kappa shape index (κ3) is 6.13. The summed E-state index contributed by atoms with van der Waals surface area (Å²) >= 11 is 5.48. The van der Waals surface area contributed by atoms with Crippen LogP contribution < -0.4 is 5.73 Å². The van der Waals surface area contributed by atoms with Gasteiger partial charge in [0, 0.05) is 18.3 Å². The third-order valence-corrected chi connectivity index (χ3v) is 1.46. The highest BCUT2D eigenvalue weighted by Gasteiger charge is 2.18. The molecule has 0 heterocycles. The van der Waals surface area contributed by atoms with Gasteiger partial charge in [0.25, 0.3) is 0 Å². The molecule has 0 rings (SSSR count). The molecule has 0 aliphatic rings. The number of nitrogens with two attached hydrogens (primary N) is 1. The number of carbonyl (C=O) groups excluding carboxylic acids is 1. The highest BCUT2D eigenvalue weighted by Crippen LogP contribution is 2.06. The predicted octanol–water partition coefficient (Wildman–Crippen LogP) is 0.896. The molecule has 1 atom stereocenters. The van der Waals surface area contributed by atoms with Crippen LogP contribution in [-0.4, -0.2) is 24.0 Å². The molecule has 2 N–H and O–H groups in total. The van der Waals surface area contributed by atoms with Crippen LogP contribution in [0, 0.1) is 0 Å². The first-order chi connectivity index (χ1) is 4.98. The summed E-state index contributed by atoms with van der Waals surface area (Å²) in [7, 11) is 0. The summed E-state index contributed by atoms with van der Waals surface area (Å²) < 4.78 is 4.74. The zero-order valence-corrected chi connectivity index (χ0v) is 7.65. The number of halogens is 1. The fourth-order valence-electron chi connectivity index (χ4n) is 0.555. The minimum Gasteiger partial charge on any atom is -0.464 e. The maximum Gasteiger partial charge on any atom is 0.302 e. The van der Waals surface area contributed by atoms with Crippen LogP contribution in [0.3, 0.4) is 0 Å². The number of hydrogen-bond acceptors (Lipinski definition) is 3. The summed E-state index contributed by atoms with van der Waals surface area (Å²) in [5, 5.41) is 0. The monoisotopic (exact) mass is 179 g/mol. The second kappa shape index (κ2) is 4.57. The van der Waals surface area contributed by atoms with Gasteiger partial charge in [0.05, 0.1) is 0 Å². The summed E-state index contributed by atoms with van der Waals surface area (Å²) in [6.07, 6.45) is 0.641. The van der Waals surface area contributed by atoms with E-state index in [-0.39, 0.29) is 12.6 Å². The molecule has 0 aromatic rings. The average Bonchev–Trinajstić information content (AvgIpc) is 1.84. The first kappa shape index (κ1) is 10.7. The van der Waals surface area contributed by atoms with Gasteiger partial charge in [-0.1, -0.05) is 0 Å². The lowest BCUT2D eigenvalue weighted by molar-refractivity contribution is -0.142. The van der Waals surface area contributed by atoms with Crippen molar-refractivity contribution in [1.82, 2.24) is 0 Å². The van der Waals surface area contributed by atoms with Gasteiger partial charge in [0.15, 0.2) is 0 Å². The van der Waals surface area contributed by atoms with E-state index in [0.717, 1.165) is 0 Å². The second-order valence-corrected chi connectivity index (χ2v) is 3.25. The van der Waals surface area contributed by atoms with Gasteiger partial charge in [-0.25, -0.2) is 0 Å². The molecule has 0 saturated carbocycles. The van der Waals surface area contributed by atoms with E-state index in [1.165, 1.54) is 6.92 Å². The lowest BCUT2D eigenvalue weighted by Gasteiger charge is -2.22. The van der Waals surface area contributed by atoms with Crippen LogP contribution in [0.2, 0.25) is 0 Å². The molecule has 0 fully saturated rings. The highest BCUT2D eigenvalue weighted by atomic mass is 35.5. The van der Waals surface area contributed by atoms with Gasteiger partial charge < -0.3 is 10.5 Å². The Labute approximate surface area is 71.8 Å². The molecule has 0 spiro atoms. The lowest BCUT2D eigenvalue weighted by Crippen LogP contribution is -2.42.